The van der Waals surface area contributed by atoms with Crippen LogP contribution in [0.5, 0.6) is 0 Å². The molecule has 0 aromatic heterocycles. The number of benzene rings is 2. The maximum absolute atomic E-state index is 13.2. The van der Waals surface area contributed by atoms with E-state index in [9.17, 15) is 22.8 Å². The number of nitrogens with one attached hydrogen (secondary N) is 1. The molecule has 130 valence electrons. The van der Waals surface area contributed by atoms with Gasteiger partial charge in [-0.25, -0.2) is 0 Å². The SMILES string of the molecule is O=C(Nc1ccccc1)C1CC(=O)N(c2ccccc2C(F)(F)F)C1. The maximum Gasteiger partial charge on any atom is 0.418 e. The summed E-state index contributed by atoms with van der Waals surface area (Å²) in [5, 5.41) is 2.68. The fraction of sp³-hybridized carbons (Fsp3) is 0.222. The Bertz CT molecular complexity index is 790. The number of anilines is 2. The molecule has 2 aromatic rings. The largest absolute Gasteiger partial charge is 0.418 e. The Kier molecular flexibility index (Phi) is 4.48. The lowest BCUT2D eigenvalue weighted by molar-refractivity contribution is -0.137. The summed E-state index contributed by atoms with van der Waals surface area (Å²) in [5.41, 5.74) is -0.517. The molecule has 1 atom stereocenters. The van der Waals surface area contributed by atoms with Crippen LogP contribution in [-0.2, 0) is 15.8 Å². The third-order valence-electron chi connectivity index (χ3n) is 4.04. The lowest BCUT2D eigenvalue weighted by Gasteiger charge is -2.21. The van der Waals surface area contributed by atoms with Crippen molar-refractivity contribution in [1.29, 1.82) is 0 Å². The van der Waals surface area contributed by atoms with Crippen molar-refractivity contribution in [3.8, 4) is 0 Å². The molecule has 25 heavy (non-hydrogen) atoms. The Morgan fingerprint density at radius 3 is 2.36 bits per heavy atom. The average molecular weight is 348 g/mol. The molecule has 0 bridgehead atoms. The zero-order chi connectivity index (χ0) is 18.0. The molecule has 2 amide bonds. The number of carbonyl (C=O) groups is 2. The standard InChI is InChI=1S/C18H15F3N2O2/c19-18(20,21)14-8-4-5-9-15(14)23-11-12(10-16(23)24)17(25)22-13-6-2-1-3-7-13/h1-9,12H,10-11H2,(H,22,25). The van der Waals surface area contributed by atoms with Crippen molar-refractivity contribution >= 4 is 23.2 Å². The normalized spacial score (nSPS) is 17.6. The highest BCUT2D eigenvalue weighted by Gasteiger charge is 2.40. The van der Waals surface area contributed by atoms with Crippen LogP contribution in [-0.4, -0.2) is 18.4 Å². The van der Waals surface area contributed by atoms with Gasteiger partial charge in [-0.15, -0.1) is 0 Å². The molecule has 4 nitrogen and oxygen atoms in total. The van der Waals surface area contributed by atoms with Gasteiger partial charge in [0.15, 0.2) is 0 Å². The van der Waals surface area contributed by atoms with Gasteiger partial charge in [0.1, 0.15) is 0 Å². The summed E-state index contributed by atoms with van der Waals surface area (Å²) in [5.74, 6) is -1.58. The van der Waals surface area contributed by atoms with Crippen molar-refractivity contribution in [3.63, 3.8) is 0 Å². The molecule has 1 aliphatic rings. The van der Waals surface area contributed by atoms with Crippen LogP contribution in [0.2, 0.25) is 0 Å². The molecule has 3 rings (SSSR count). The van der Waals surface area contributed by atoms with Crippen LogP contribution in [0.3, 0.4) is 0 Å². The minimum Gasteiger partial charge on any atom is -0.326 e. The van der Waals surface area contributed by atoms with Crippen molar-refractivity contribution in [2.24, 2.45) is 5.92 Å². The van der Waals surface area contributed by atoms with E-state index in [1.165, 1.54) is 18.2 Å². The molecule has 1 N–H and O–H groups in total. The first-order chi connectivity index (χ1) is 11.9. The molecule has 0 radical (unpaired) electrons. The number of amides is 2. The predicted molar refractivity (Wildman–Crippen MR) is 87.0 cm³/mol. The first kappa shape index (κ1) is 17.0. The lowest BCUT2D eigenvalue weighted by atomic mass is 10.1. The third kappa shape index (κ3) is 3.65. The Morgan fingerprint density at radius 2 is 1.68 bits per heavy atom. The zero-order valence-electron chi connectivity index (χ0n) is 13.1. The first-order valence-electron chi connectivity index (χ1n) is 7.69. The second kappa shape index (κ2) is 6.58. The van der Waals surface area contributed by atoms with Gasteiger partial charge in [0.05, 0.1) is 17.2 Å². The van der Waals surface area contributed by atoms with Crippen LogP contribution < -0.4 is 10.2 Å². The number of hydrogen-bond acceptors (Lipinski definition) is 2. The van der Waals surface area contributed by atoms with Crippen LogP contribution in [0.25, 0.3) is 0 Å². The van der Waals surface area contributed by atoms with Crippen LogP contribution in [0.1, 0.15) is 12.0 Å². The van der Waals surface area contributed by atoms with Gasteiger partial charge in [-0.05, 0) is 24.3 Å². The van der Waals surface area contributed by atoms with Crippen LogP contribution in [0, 0.1) is 5.92 Å². The zero-order valence-corrected chi connectivity index (χ0v) is 13.1. The Labute approximate surface area is 142 Å². The van der Waals surface area contributed by atoms with Gasteiger partial charge in [-0.2, -0.15) is 13.2 Å². The van der Waals surface area contributed by atoms with E-state index in [1.54, 1.807) is 30.3 Å². The minimum atomic E-state index is -4.57. The van der Waals surface area contributed by atoms with Crippen LogP contribution >= 0.6 is 0 Å². The summed E-state index contributed by atoms with van der Waals surface area (Å²) in [4.78, 5) is 25.5. The molecule has 1 unspecified atom stereocenters. The topological polar surface area (TPSA) is 49.4 Å². The molecular weight excluding hydrogens is 333 g/mol. The molecule has 7 heteroatoms. The number of nitrogens with zero attached hydrogens (tertiary/aromatic N) is 1. The second-order valence-corrected chi connectivity index (χ2v) is 5.78. The predicted octanol–water partition coefficient (Wildman–Crippen LogP) is 3.70. The summed E-state index contributed by atoms with van der Waals surface area (Å²) in [6, 6.07) is 13.6. The van der Waals surface area contributed by atoms with Gasteiger partial charge in [0, 0.05) is 18.7 Å². The molecule has 1 heterocycles. The molecule has 1 fully saturated rings. The van der Waals surface area contributed by atoms with E-state index >= 15 is 0 Å². The molecule has 1 aliphatic heterocycles. The minimum absolute atomic E-state index is 0.0788. The van der Waals surface area contributed by atoms with E-state index in [-0.39, 0.29) is 24.6 Å². The van der Waals surface area contributed by atoms with Crippen molar-refractivity contribution in [1.82, 2.24) is 0 Å². The summed E-state index contributed by atoms with van der Waals surface area (Å²) in [6.07, 6.45) is -4.69. The maximum atomic E-state index is 13.2. The van der Waals surface area contributed by atoms with Gasteiger partial charge >= 0.3 is 6.18 Å². The van der Waals surface area contributed by atoms with E-state index in [0.717, 1.165) is 11.0 Å². The number of rotatable bonds is 3. The monoisotopic (exact) mass is 348 g/mol. The number of hydrogen-bond donors (Lipinski definition) is 1. The Morgan fingerprint density at radius 1 is 1.04 bits per heavy atom. The lowest BCUT2D eigenvalue weighted by Crippen LogP contribution is -2.29. The number of para-hydroxylation sites is 2. The van der Waals surface area contributed by atoms with Gasteiger partial charge in [-0.1, -0.05) is 30.3 Å². The summed E-state index contributed by atoms with van der Waals surface area (Å²) < 4.78 is 39.5. The van der Waals surface area contributed by atoms with Gasteiger partial charge in [0.2, 0.25) is 11.8 Å². The molecule has 2 aromatic carbocycles. The Hall–Kier alpha value is -2.83. The van der Waals surface area contributed by atoms with E-state index in [0.29, 0.717) is 5.69 Å². The highest BCUT2D eigenvalue weighted by Crippen LogP contribution is 2.38. The highest BCUT2D eigenvalue weighted by atomic mass is 19.4. The fourth-order valence-corrected chi connectivity index (χ4v) is 2.83. The highest BCUT2D eigenvalue weighted by molar-refractivity contribution is 6.03. The van der Waals surface area contributed by atoms with Gasteiger partial charge in [0.25, 0.3) is 0 Å². The summed E-state index contributed by atoms with van der Waals surface area (Å²) >= 11 is 0. The molecule has 0 saturated carbocycles. The quantitative estimate of drug-likeness (QED) is 0.920. The summed E-state index contributed by atoms with van der Waals surface area (Å²) in [7, 11) is 0. The van der Waals surface area contributed by atoms with Gasteiger partial charge < -0.3 is 10.2 Å². The molecule has 1 saturated heterocycles. The third-order valence-corrected chi connectivity index (χ3v) is 4.04. The van der Waals surface area contributed by atoms with Crippen LogP contribution in [0.4, 0.5) is 24.5 Å². The smallest absolute Gasteiger partial charge is 0.326 e. The first-order valence-corrected chi connectivity index (χ1v) is 7.69. The van der Waals surface area contributed by atoms with Crippen molar-refractivity contribution in [2.75, 3.05) is 16.8 Å². The number of carbonyl (C=O) groups excluding carboxylic acids is 2. The number of halogens is 3. The second-order valence-electron chi connectivity index (χ2n) is 5.78. The Balaban J connectivity index is 1.79. The molecular formula is C18H15F3N2O2. The fourth-order valence-electron chi connectivity index (χ4n) is 2.83. The van der Waals surface area contributed by atoms with Gasteiger partial charge in [-0.3, -0.25) is 9.59 Å². The summed E-state index contributed by atoms with van der Waals surface area (Å²) in [6.45, 7) is -0.0788. The van der Waals surface area contributed by atoms with Crippen molar-refractivity contribution in [2.45, 2.75) is 12.6 Å². The molecule has 0 spiro atoms. The van der Waals surface area contributed by atoms with Crippen molar-refractivity contribution in [3.05, 3.63) is 60.2 Å². The molecule has 0 aliphatic carbocycles. The van der Waals surface area contributed by atoms with Crippen LogP contribution in [0.15, 0.2) is 54.6 Å². The van der Waals surface area contributed by atoms with E-state index in [2.05, 4.69) is 5.32 Å². The van der Waals surface area contributed by atoms with E-state index in [4.69, 9.17) is 0 Å². The van der Waals surface area contributed by atoms with Crippen molar-refractivity contribution < 1.29 is 22.8 Å². The average Bonchev–Trinajstić information content (AvgIpc) is 2.97. The van der Waals surface area contributed by atoms with E-state index < -0.39 is 23.6 Å². The number of alkyl halides is 3. The van der Waals surface area contributed by atoms with E-state index in [1.807, 2.05) is 0 Å².